The normalized spacial score (nSPS) is 19.3. The van der Waals surface area contributed by atoms with Crippen molar-refractivity contribution in [1.82, 2.24) is 9.97 Å². The van der Waals surface area contributed by atoms with Crippen LogP contribution in [-0.4, -0.2) is 35.4 Å². The Labute approximate surface area is 145 Å². The second-order valence-corrected chi connectivity index (χ2v) is 6.43. The Balaban J connectivity index is 1.45. The maximum atomic E-state index is 13.9. The summed E-state index contributed by atoms with van der Waals surface area (Å²) in [5.74, 6) is 1.17. The van der Waals surface area contributed by atoms with Crippen LogP contribution < -0.4 is 15.1 Å². The quantitative estimate of drug-likeness (QED) is 0.684. The van der Waals surface area contributed by atoms with Gasteiger partial charge in [-0.25, -0.2) is 14.8 Å². The van der Waals surface area contributed by atoms with Crippen molar-refractivity contribution in [3.05, 3.63) is 41.3 Å². The number of rotatable bonds is 4. The number of hydrogen-bond donors (Lipinski definition) is 1. The molecule has 2 aliphatic heterocycles. The van der Waals surface area contributed by atoms with E-state index in [4.69, 9.17) is 4.74 Å². The van der Waals surface area contributed by atoms with Crippen molar-refractivity contribution in [2.24, 2.45) is 5.10 Å². The van der Waals surface area contributed by atoms with Crippen LogP contribution >= 0.6 is 0 Å². The number of aromatic nitrogens is 2. The molecule has 1 fully saturated rings. The van der Waals surface area contributed by atoms with Gasteiger partial charge in [-0.05, 0) is 49.1 Å². The van der Waals surface area contributed by atoms with Gasteiger partial charge in [0, 0.05) is 19.5 Å². The molecule has 1 atom stereocenters. The average Bonchev–Trinajstić information content (AvgIpc) is 3.24. The Kier molecular flexibility index (Phi) is 4.21. The zero-order chi connectivity index (χ0) is 17.2. The van der Waals surface area contributed by atoms with Crippen molar-refractivity contribution in [1.29, 1.82) is 0 Å². The standard InChI is InChI=1S/C18H20FN5O/c1-12-8-14-9-13(4-5-16(14)25-12)10-21-23-18-20-11-15(19)17(22-18)24-6-2-3-7-24/h4-5,9-12H,2-3,6-8H2,1H3,(H,20,22,23)/b21-10+/t12-/m1/s1. The third-order valence-electron chi connectivity index (χ3n) is 4.43. The number of anilines is 2. The number of hydrogen-bond acceptors (Lipinski definition) is 6. The van der Waals surface area contributed by atoms with Crippen molar-refractivity contribution in [3.63, 3.8) is 0 Å². The average molecular weight is 341 g/mol. The van der Waals surface area contributed by atoms with Crippen molar-refractivity contribution in [2.45, 2.75) is 32.3 Å². The minimum atomic E-state index is -0.399. The van der Waals surface area contributed by atoms with E-state index in [1.807, 2.05) is 17.0 Å². The molecule has 2 aliphatic rings. The number of ether oxygens (including phenoxy) is 1. The van der Waals surface area contributed by atoms with Gasteiger partial charge in [0.15, 0.2) is 11.6 Å². The molecule has 0 spiro atoms. The van der Waals surface area contributed by atoms with Gasteiger partial charge in [-0.3, -0.25) is 0 Å². The number of nitrogens with one attached hydrogen (secondary N) is 1. The topological polar surface area (TPSA) is 62.6 Å². The molecule has 0 radical (unpaired) electrons. The second kappa shape index (κ2) is 6.66. The highest BCUT2D eigenvalue weighted by molar-refractivity contribution is 5.81. The van der Waals surface area contributed by atoms with E-state index in [9.17, 15) is 4.39 Å². The molecule has 130 valence electrons. The van der Waals surface area contributed by atoms with Gasteiger partial charge in [0.25, 0.3) is 0 Å². The van der Waals surface area contributed by atoms with Crippen LogP contribution in [0, 0.1) is 5.82 Å². The first kappa shape index (κ1) is 15.8. The van der Waals surface area contributed by atoms with E-state index in [-0.39, 0.29) is 12.1 Å². The summed E-state index contributed by atoms with van der Waals surface area (Å²) in [6.07, 6.45) is 6.13. The molecule has 0 bridgehead atoms. The molecule has 25 heavy (non-hydrogen) atoms. The minimum absolute atomic E-state index is 0.219. The van der Waals surface area contributed by atoms with Crippen LogP contribution in [0.4, 0.5) is 16.2 Å². The summed E-state index contributed by atoms with van der Waals surface area (Å²) in [7, 11) is 0. The van der Waals surface area contributed by atoms with Gasteiger partial charge < -0.3 is 9.64 Å². The molecule has 0 saturated carbocycles. The van der Waals surface area contributed by atoms with Crippen molar-refractivity contribution >= 4 is 18.0 Å². The van der Waals surface area contributed by atoms with Crippen molar-refractivity contribution < 1.29 is 9.13 Å². The SMILES string of the molecule is C[C@@H]1Cc2cc(/C=N/Nc3ncc(F)c(N4CCCC4)n3)ccc2O1. The van der Waals surface area contributed by atoms with Crippen LogP contribution in [-0.2, 0) is 6.42 Å². The van der Waals surface area contributed by atoms with Crippen LogP contribution in [0.1, 0.15) is 30.9 Å². The maximum absolute atomic E-state index is 13.9. The molecule has 4 rings (SSSR count). The van der Waals surface area contributed by atoms with Gasteiger partial charge in [-0.1, -0.05) is 0 Å². The lowest BCUT2D eigenvalue weighted by Crippen LogP contribution is -2.21. The first-order valence-electron chi connectivity index (χ1n) is 8.55. The summed E-state index contributed by atoms with van der Waals surface area (Å²) in [5.41, 5.74) is 4.93. The lowest BCUT2D eigenvalue weighted by Gasteiger charge is -2.16. The summed E-state index contributed by atoms with van der Waals surface area (Å²) in [4.78, 5) is 10.1. The molecule has 0 amide bonds. The van der Waals surface area contributed by atoms with E-state index in [0.29, 0.717) is 5.82 Å². The Bertz CT molecular complexity index is 804. The number of fused-ring (bicyclic) bond motifs is 1. The lowest BCUT2D eigenvalue weighted by molar-refractivity contribution is 0.254. The van der Waals surface area contributed by atoms with Crippen LogP contribution in [0.25, 0.3) is 0 Å². The van der Waals surface area contributed by atoms with Gasteiger partial charge in [0.1, 0.15) is 11.9 Å². The Morgan fingerprint density at radius 3 is 3.04 bits per heavy atom. The first-order valence-corrected chi connectivity index (χ1v) is 8.55. The predicted molar refractivity (Wildman–Crippen MR) is 94.9 cm³/mol. The number of halogens is 1. The molecule has 2 aromatic rings. The summed E-state index contributed by atoms with van der Waals surface area (Å²) in [5, 5.41) is 4.17. The van der Waals surface area contributed by atoms with Crippen LogP contribution in [0.5, 0.6) is 5.75 Å². The van der Waals surface area contributed by atoms with Crippen LogP contribution in [0.3, 0.4) is 0 Å². The van der Waals surface area contributed by atoms with Gasteiger partial charge >= 0.3 is 0 Å². The highest BCUT2D eigenvalue weighted by Gasteiger charge is 2.19. The van der Waals surface area contributed by atoms with Crippen LogP contribution in [0.15, 0.2) is 29.5 Å². The minimum Gasteiger partial charge on any atom is -0.490 e. The molecule has 3 heterocycles. The van der Waals surface area contributed by atoms with Gasteiger partial charge in [-0.15, -0.1) is 0 Å². The molecule has 7 heteroatoms. The molecule has 6 nitrogen and oxygen atoms in total. The molecule has 1 aromatic heterocycles. The van der Waals surface area contributed by atoms with E-state index in [1.165, 1.54) is 11.8 Å². The Morgan fingerprint density at radius 1 is 1.36 bits per heavy atom. The van der Waals surface area contributed by atoms with Crippen molar-refractivity contribution in [2.75, 3.05) is 23.4 Å². The fourth-order valence-electron chi connectivity index (χ4n) is 3.25. The van der Waals surface area contributed by atoms with E-state index in [2.05, 4.69) is 33.5 Å². The largest absolute Gasteiger partial charge is 0.490 e. The number of benzene rings is 1. The zero-order valence-electron chi connectivity index (χ0n) is 14.1. The molecular weight excluding hydrogens is 321 g/mol. The lowest BCUT2D eigenvalue weighted by atomic mass is 10.1. The first-order chi connectivity index (χ1) is 12.2. The number of nitrogens with zero attached hydrogens (tertiary/aromatic N) is 4. The highest BCUT2D eigenvalue weighted by Crippen LogP contribution is 2.29. The smallest absolute Gasteiger partial charge is 0.245 e. The zero-order valence-corrected chi connectivity index (χ0v) is 14.1. The fourth-order valence-corrected chi connectivity index (χ4v) is 3.25. The maximum Gasteiger partial charge on any atom is 0.245 e. The van der Waals surface area contributed by atoms with Gasteiger partial charge in [0.05, 0.1) is 12.4 Å². The Hall–Kier alpha value is -2.70. The third kappa shape index (κ3) is 3.40. The molecular formula is C18H20FN5O. The van der Waals surface area contributed by atoms with Crippen LogP contribution in [0.2, 0.25) is 0 Å². The van der Waals surface area contributed by atoms with Gasteiger partial charge in [0.2, 0.25) is 5.95 Å². The van der Waals surface area contributed by atoms with Gasteiger partial charge in [-0.2, -0.15) is 10.1 Å². The summed E-state index contributed by atoms with van der Waals surface area (Å²) in [6.45, 7) is 3.71. The molecule has 1 N–H and O–H groups in total. The molecule has 1 saturated heterocycles. The molecule has 1 aromatic carbocycles. The summed E-state index contributed by atoms with van der Waals surface area (Å²) < 4.78 is 19.6. The summed E-state index contributed by atoms with van der Waals surface area (Å²) in [6, 6.07) is 5.97. The fraction of sp³-hybridized carbons (Fsp3) is 0.389. The molecule has 0 unspecified atom stereocenters. The summed E-state index contributed by atoms with van der Waals surface area (Å²) >= 11 is 0. The van der Waals surface area contributed by atoms with E-state index < -0.39 is 5.82 Å². The third-order valence-corrected chi connectivity index (χ3v) is 4.43. The number of hydrazone groups is 1. The second-order valence-electron chi connectivity index (χ2n) is 6.43. The van der Waals surface area contributed by atoms with E-state index in [1.54, 1.807) is 6.21 Å². The monoisotopic (exact) mass is 341 g/mol. The molecule has 0 aliphatic carbocycles. The van der Waals surface area contributed by atoms with E-state index >= 15 is 0 Å². The Morgan fingerprint density at radius 2 is 2.20 bits per heavy atom. The van der Waals surface area contributed by atoms with Crippen molar-refractivity contribution in [3.8, 4) is 5.75 Å². The highest BCUT2D eigenvalue weighted by atomic mass is 19.1. The van der Waals surface area contributed by atoms with E-state index in [0.717, 1.165) is 43.7 Å². The predicted octanol–water partition coefficient (Wildman–Crippen LogP) is 2.99.